The van der Waals surface area contributed by atoms with Crippen molar-refractivity contribution in [3.63, 3.8) is 0 Å². The fourth-order valence-corrected chi connectivity index (χ4v) is 5.77. The van der Waals surface area contributed by atoms with Gasteiger partial charge >= 0.3 is 0 Å². The van der Waals surface area contributed by atoms with Gasteiger partial charge in [-0.1, -0.05) is 23.8 Å². The highest BCUT2D eigenvalue weighted by molar-refractivity contribution is 6.30. The summed E-state index contributed by atoms with van der Waals surface area (Å²) in [5.41, 5.74) is 0.0936. The maximum absolute atomic E-state index is 12.9. The van der Waals surface area contributed by atoms with Crippen LogP contribution in [-0.4, -0.2) is 28.0 Å². The molecule has 1 saturated heterocycles. The summed E-state index contributed by atoms with van der Waals surface area (Å²) in [4.78, 5) is 36.7. The minimum atomic E-state index is -0.534. The number of nitro groups is 1. The number of carbonyl (C=O) groups excluding carboxylic acids is 2. The van der Waals surface area contributed by atoms with Gasteiger partial charge in [0.05, 0.1) is 28.5 Å². The second kappa shape index (κ2) is 6.37. The predicted octanol–water partition coefficient (Wildman–Crippen LogP) is 3.90. The normalized spacial score (nSPS) is 32.6. The Morgan fingerprint density at radius 1 is 1.10 bits per heavy atom. The summed E-state index contributed by atoms with van der Waals surface area (Å²) >= 11 is 5.86. The van der Waals surface area contributed by atoms with Crippen molar-refractivity contribution in [1.82, 2.24) is 5.01 Å². The van der Waals surface area contributed by atoms with Crippen molar-refractivity contribution in [2.45, 2.75) is 6.42 Å². The van der Waals surface area contributed by atoms with E-state index in [-0.39, 0.29) is 63.3 Å². The number of carbonyl (C=O) groups is 2. The van der Waals surface area contributed by atoms with Crippen LogP contribution in [0.15, 0.2) is 52.0 Å². The third-order valence-electron chi connectivity index (χ3n) is 6.99. The molecule has 0 N–H and O–H groups in total. The van der Waals surface area contributed by atoms with E-state index < -0.39 is 4.92 Å². The van der Waals surface area contributed by atoms with Crippen molar-refractivity contribution < 1.29 is 18.9 Å². The van der Waals surface area contributed by atoms with Crippen LogP contribution in [0.2, 0.25) is 5.02 Å². The smallest absolute Gasteiger partial charge is 0.281 e. The highest BCUT2D eigenvalue weighted by Crippen LogP contribution is 2.65. The van der Waals surface area contributed by atoms with E-state index in [1.54, 1.807) is 12.1 Å². The van der Waals surface area contributed by atoms with Crippen LogP contribution in [0.4, 0.5) is 5.69 Å². The van der Waals surface area contributed by atoms with E-state index in [1.165, 1.54) is 24.4 Å². The molecule has 9 heteroatoms. The van der Waals surface area contributed by atoms with Crippen LogP contribution in [0.25, 0.3) is 11.3 Å². The summed E-state index contributed by atoms with van der Waals surface area (Å²) in [7, 11) is 0. The van der Waals surface area contributed by atoms with E-state index in [0.29, 0.717) is 11.8 Å². The number of halogens is 1. The Bertz CT molecular complexity index is 1180. The molecule has 1 aromatic carbocycles. The van der Waals surface area contributed by atoms with Crippen molar-refractivity contribution in [3.05, 3.63) is 63.4 Å². The van der Waals surface area contributed by atoms with Gasteiger partial charge in [-0.3, -0.25) is 19.7 Å². The molecule has 0 radical (unpaired) electrons. The van der Waals surface area contributed by atoms with Crippen LogP contribution in [0.1, 0.15) is 12.2 Å². The molecule has 2 aromatic rings. The lowest BCUT2D eigenvalue weighted by Crippen LogP contribution is -2.40. The van der Waals surface area contributed by atoms with E-state index in [2.05, 4.69) is 17.3 Å². The Balaban J connectivity index is 1.26. The van der Waals surface area contributed by atoms with Gasteiger partial charge in [0, 0.05) is 11.1 Å². The van der Waals surface area contributed by atoms with Crippen LogP contribution >= 0.6 is 11.6 Å². The summed E-state index contributed by atoms with van der Waals surface area (Å²) in [6.07, 6.45) is 6.62. The van der Waals surface area contributed by atoms with E-state index in [0.717, 1.165) is 11.4 Å². The number of imide groups is 1. The average molecular weight is 438 g/mol. The first-order valence-corrected chi connectivity index (χ1v) is 10.5. The highest BCUT2D eigenvalue weighted by Gasteiger charge is 2.67. The number of benzene rings is 1. The average Bonchev–Trinajstić information content (AvgIpc) is 3.39. The van der Waals surface area contributed by atoms with E-state index in [4.69, 9.17) is 16.0 Å². The molecule has 0 spiro atoms. The van der Waals surface area contributed by atoms with Crippen molar-refractivity contribution in [2.75, 3.05) is 0 Å². The number of nitro benzene ring substituents is 1. The van der Waals surface area contributed by atoms with Gasteiger partial charge in [-0.05, 0) is 54.4 Å². The first-order valence-electron chi connectivity index (χ1n) is 10.1. The molecule has 5 aliphatic rings. The number of nitrogens with zero attached hydrogens (tertiary/aromatic N) is 3. The first-order chi connectivity index (χ1) is 14.9. The van der Waals surface area contributed by atoms with Crippen molar-refractivity contribution in [2.24, 2.45) is 40.6 Å². The Kier molecular flexibility index (Phi) is 3.80. The number of hydrazone groups is 1. The van der Waals surface area contributed by atoms with Crippen molar-refractivity contribution in [1.29, 1.82) is 0 Å². The molecule has 8 nitrogen and oxygen atoms in total. The Labute approximate surface area is 181 Å². The zero-order chi connectivity index (χ0) is 21.4. The largest absolute Gasteiger partial charge is 0.455 e. The molecule has 3 fully saturated rings. The summed E-state index contributed by atoms with van der Waals surface area (Å²) in [6, 6.07) is 7.45. The predicted molar refractivity (Wildman–Crippen MR) is 110 cm³/mol. The molecule has 2 heterocycles. The summed E-state index contributed by atoms with van der Waals surface area (Å²) in [6.45, 7) is 0. The molecular weight excluding hydrogens is 422 g/mol. The van der Waals surface area contributed by atoms with Gasteiger partial charge < -0.3 is 4.42 Å². The van der Waals surface area contributed by atoms with Gasteiger partial charge in [0.25, 0.3) is 17.5 Å². The summed E-state index contributed by atoms with van der Waals surface area (Å²) < 4.78 is 5.67. The highest BCUT2D eigenvalue weighted by atomic mass is 35.5. The molecule has 0 unspecified atom stereocenters. The zero-order valence-electron chi connectivity index (χ0n) is 16.1. The van der Waals surface area contributed by atoms with Crippen LogP contribution < -0.4 is 0 Å². The maximum Gasteiger partial charge on any atom is 0.281 e. The number of hydrogen-bond donors (Lipinski definition) is 0. The molecule has 31 heavy (non-hydrogen) atoms. The van der Waals surface area contributed by atoms with Crippen LogP contribution in [0.5, 0.6) is 0 Å². The van der Waals surface area contributed by atoms with Crippen molar-refractivity contribution >= 4 is 35.3 Å². The number of amides is 2. The zero-order valence-corrected chi connectivity index (χ0v) is 16.8. The summed E-state index contributed by atoms with van der Waals surface area (Å²) in [5.74, 6) is 0.736. The first kappa shape index (κ1) is 18.5. The molecule has 1 aliphatic heterocycles. The van der Waals surface area contributed by atoms with E-state index >= 15 is 0 Å². The number of allylic oxidation sites excluding steroid dienone is 2. The fraction of sp³-hybridized carbons (Fsp3) is 0.318. The third-order valence-corrected chi connectivity index (χ3v) is 7.22. The molecule has 2 amide bonds. The lowest BCUT2D eigenvalue weighted by Gasteiger charge is -2.37. The lowest BCUT2D eigenvalue weighted by atomic mass is 9.63. The molecule has 2 saturated carbocycles. The minimum absolute atomic E-state index is 0.136. The van der Waals surface area contributed by atoms with Crippen LogP contribution in [0.3, 0.4) is 0 Å². The molecule has 4 aliphatic carbocycles. The number of hydrogen-bond acceptors (Lipinski definition) is 6. The minimum Gasteiger partial charge on any atom is -0.455 e. The Morgan fingerprint density at radius 3 is 2.42 bits per heavy atom. The van der Waals surface area contributed by atoms with Gasteiger partial charge in [-0.25, -0.2) is 0 Å². The van der Waals surface area contributed by atoms with Gasteiger partial charge in [0.15, 0.2) is 0 Å². The second-order valence-electron chi connectivity index (χ2n) is 8.51. The summed E-state index contributed by atoms with van der Waals surface area (Å²) in [5, 5.41) is 16.7. The molecule has 7 rings (SSSR count). The van der Waals surface area contributed by atoms with Gasteiger partial charge in [-0.2, -0.15) is 10.1 Å². The van der Waals surface area contributed by atoms with Crippen LogP contribution in [-0.2, 0) is 9.59 Å². The molecule has 6 atom stereocenters. The Morgan fingerprint density at radius 2 is 1.77 bits per heavy atom. The Hall–Kier alpha value is -3.26. The lowest BCUT2D eigenvalue weighted by molar-refractivity contribution is -0.384. The maximum atomic E-state index is 12.9. The number of rotatable bonds is 4. The monoisotopic (exact) mass is 437 g/mol. The van der Waals surface area contributed by atoms with Gasteiger partial charge in [0.2, 0.25) is 0 Å². The van der Waals surface area contributed by atoms with E-state index in [1.807, 2.05) is 0 Å². The van der Waals surface area contributed by atoms with Gasteiger partial charge in [-0.15, -0.1) is 0 Å². The fourth-order valence-electron chi connectivity index (χ4n) is 5.60. The van der Waals surface area contributed by atoms with Crippen LogP contribution in [0, 0.1) is 45.6 Å². The molecule has 1 aromatic heterocycles. The topological polar surface area (TPSA) is 106 Å². The van der Waals surface area contributed by atoms with E-state index in [9.17, 15) is 19.7 Å². The molecule has 156 valence electrons. The molecule has 2 bridgehead atoms. The van der Waals surface area contributed by atoms with Crippen molar-refractivity contribution in [3.8, 4) is 11.3 Å². The standard InChI is InChI=1S/C22H16ClN3O5/c23-10-1-3-14(17(7-10)26(29)30)18-6-2-11(31-18)9-24-25-21(27)19-12-4-5-13(16-8-15(12)16)20(19)22(25)28/h1-7,9,12-13,15-16,19-20H,8H2/b24-9+/t12-,13-,15-,16-,19-,20+/m1/s1. The molecular formula is C22H16ClN3O5. The number of furan rings is 1. The second-order valence-corrected chi connectivity index (χ2v) is 8.94. The quantitative estimate of drug-likeness (QED) is 0.237. The third kappa shape index (κ3) is 2.64. The van der Waals surface area contributed by atoms with Gasteiger partial charge in [0.1, 0.15) is 11.5 Å². The SMILES string of the molecule is O=C1[C@@H]2[C@@H]3C=C[C@H]([C@H]4C[C@H]34)[C@@H]2C(=O)N1/N=C/c1ccc(-c2ccc(Cl)cc2[N+](=O)[O-])o1.